The first-order valence-corrected chi connectivity index (χ1v) is 13.2. The summed E-state index contributed by atoms with van der Waals surface area (Å²) < 4.78 is 0. The van der Waals surface area contributed by atoms with Gasteiger partial charge >= 0.3 is 11.9 Å². The summed E-state index contributed by atoms with van der Waals surface area (Å²) in [7, 11) is 0. The number of carboxylic acids is 2. The molecule has 6 rings (SSSR count). The van der Waals surface area contributed by atoms with E-state index in [1.165, 1.54) is 24.3 Å². The van der Waals surface area contributed by atoms with Crippen LogP contribution in [0.15, 0.2) is 72.8 Å². The standard InChI is InChI=1S/C32H26N2O6/c35-29(33-25-15-9-17-5-1-3-7-19(17)25)21-11-12-22(28-24(32(39)40)14-13-23(27(21)28)31(37)38)30(36)34-26-16-10-18-6-2-4-8-20(18)26/h1-8,11-14,25-26H,9-10,15-16H2,(H,33,35)(H,34,36)(H,37,38)(H,39,40). The molecule has 0 bridgehead atoms. The third kappa shape index (κ3) is 4.27. The van der Waals surface area contributed by atoms with E-state index in [0.29, 0.717) is 12.8 Å². The van der Waals surface area contributed by atoms with Crippen molar-refractivity contribution in [2.75, 3.05) is 0 Å². The zero-order valence-corrected chi connectivity index (χ0v) is 21.4. The van der Waals surface area contributed by atoms with E-state index in [4.69, 9.17) is 0 Å². The third-order valence-corrected chi connectivity index (χ3v) is 7.99. The van der Waals surface area contributed by atoms with Crippen LogP contribution in [0.3, 0.4) is 0 Å². The molecule has 4 aromatic carbocycles. The number of carbonyl (C=O) groups is 4. The monoisotopic (exact) mass is 534 g/mol. The molecule has 0 radical (unpaired) electrons. The molecule has 2 amide bonds. The topological polar surface area (TPSA) is 133 Å². The Hall–Kier alpha value is -4.98. The quantitative estimate of drug-likeness (QED) is 0.273. The van der Waals surface area contributed by atoms with E-state index >= 15 is 0 Å². The Morgan fingerprint density at radius 3 is 1.32 bits per heavy atom. The molecule has 0 aromatic heterocycles. The van der Waals surface area contributed by atoms with E-state index in [0.717, 1.165) is 35.1 Å². The number of aryl methyl sites for hydroxylation is 2. The zero-order valence-electron chi connectivity index (χ0n) is 21.4. The van der Waals surface area contributed by atoms with Gasteiger partial charge in [-0.15, -0.1) is 0 Å². The van der Waals surface area contributed by atoms with Gasteiger partial charge in [-0.05, 0) is 72.2 Å². The third-order valence-electron chi connectivity index (χ3n) is 7.99. The summed E-state index contributed by atoms with van der Waals surface area (Å²) in [5, 5.41) is 25.9. The van der Waals surface area contributed by atoms with Crippen molar-refractivity contribution in [2.45, 2.75) is 37.8 Å². The van der Waals surface area contributed by atoms with Crippen LogP contribution in [0.5, 0.6) is 0 Å². The lowest BCUT2D eigenvalue weighted by atomic mass is 9.90. The van der Waals surface area contributed by atoms with Crippen LogP contribution in [0.4, 0.5) is 0 Å². The molecule has 40 heavy (non-hydrogen) atoms. The lowest BCUT2D eigenvalue weighted by Gasteiger charge is -2.19. The molecule has 8 heteroatoms. The molecule has 0 saturated carbocycles. The Kier molecular flexibility index (Phi) is 6.30. The number of aromatic carboxylic acids is 2. The molecule has 0 saturated heterocycles. The summed E-state index contributed by atoms with van der Waals surface area (Å²) >= 11 is 0. The van der Waals surface area contributed by atoms with Crippen LogP contribution >= 0.6 is 0 Å². The molecule has 2 atom stereocenters. The van der Waals surface area contributed by atoms with Gasteiger partial charge in [0, 0.05) is 21.9 Å². The molecule has 4 N–H and O–H groups in total. The van der Waals surface area contributed by atoms with Gasteiger partial charge in [0.25, 0.3) is 11.8 Å². The van der Waals surface area contributed by atoms with Crippen molar-refractivity contribution in [1.29, 1.82) is 0 Å². The first kappa shape index (κ1) is 25.3. The maximum Gasteiger partial charge on any atom is 0.336 e. The van der Waals surface area contributed by atoms with Gasteiger partial charge < -0.3 is 20.8 Å². The highest BCUT2D eigenvalue weighted by Gasteiger charge is 2.30. The van der Waals surface area contributed by atoms with Crippen molar-refractivity contribution in [2.24, 2.45) is 0 Å². The van der Waals surface area contributed by atoms with Crippen LogP contribution in [-0.2, 0) is 12.8 Å². The molecule has 2 unspecified atom stereocenters. The van der Waals surface area contributed by atoms with E-state index < -0.39 is 23.8 Å². The highest BCUT2D eigenvalue weighted by atomic mass is 16.4. The lowest BCUT2D eigenvalue weighted by molar-refractivity contribution is 0.0684. The van der Waals surface area contributed by atoms with Crippen LogP contribution in [0.1, 0.15) is 88.6 Å². The molecule has 0 spiro atoms. The minimum absolute atomic E-state index is 0.00245. The largest absolute Gasteiger partial charge is 0.478 e. The fourth-order valence-corrected chi connectivity index (χ4v) is 6.12. The molecule has 0 aliphatic heterocycles. The van der Waals surface area contributed by atoms with Gasteiger partial charge in [0.05, 0.1) is 23.2 Å². The highest BCUT2D eigenvalue weighted by molar-refractivity contribution is 6.23. The summed E-state index contributed by atoms with van der Waals surface area (Å²) in [6.45, 7) is 0. The second-order valence-corrected chi connectivity index (χ2v) is 10.2. The Bertz CT molecular complexity index is 1600. The van der Waals surface area contributed by atoms with E-state index in [1.54, 1.807) is 0 Å². The molecule has 4 aromatic rings. The zero-order chi connectivity index (χ0) is 28.0. The van der Waals surface area contributed by atoms with Gasteiger partial charge in [0.1, 0.15) is 0 Å². The van der Waals surface area contributed by atoms with Crippen LogP contribution in [0, 0.1) is 0 Å². The van der Waals surface area contributed by atoms with Crippen molar-refractivity contribution in [3.63, 3.8) is 0 Å². The maximum atomic E-state index is 13.6. The average molecular weight is 535 g/mol. The van der Waals surface area contributed by atoms with Crippen LogP contribution in [0.2, 0.25) is 0 Å². The first-order chi connectivity index (χ1) is 19.3. The van der Waals surface area contributed by atoms with E-state index in [2.05, 4.69) is 10.6 Å². The van der Waals surface area contributed by atoms with Gasteiger partial charge in [0.2, 0.25) is 0 Å². The number of hydrogen-bond acceptors (Lipinski definition) is 4. The lowest BCUT2D eigenvalue weighted by Crippen LogP contribution is -2.29. The van der Waals surface area contributed by atoms with Crippen LogP contribution in [-0.4, -0.2) is 34.0 Å². The Labute approximate surface area is 229 Å². The molecule has 0 heterocycles. The summed E-state index contributed by atoms with van der Waals surface area (Å²) in [6.07, 6.45) is 2.99. The Morgan fingerprint density at radius 2 is 0.925 bits per heavy atom. The molecular formula is C32H26N2O6. The van der Waals surface area contributed by atoms with Gasteiger partial charge in [-0.3, -0.25) is 9.59 Å². The van der Waals surface area contributed by atoms with Crippen LogP contribution < -0.4 is 10.6 Å². The highest BCUT2D eigenvalue weighted by Crippen LogP contribution is 2.35. The Morgan fingerprint density at radius 1 is 0.550 bits per heavy atom. The predicted octanol–water partition coefficient (Wildman–Crippen LogP) is 5.07. The summed E-state index contributed by atoms with van der Waals surface area (Å²) in [4.78, 5) is 51.8. The minimum Gasteiger partial charge on any atom is -0.478 e. The van der Waals surface area contributed by atoms with Crippen molar-refractivity contribution in [1.82, 2.24) is 10.6 Å². The number of benzene rings is 4. The van der Waals surface area contributed by atoms with Crippen LogP contribution in [0.25, 0.3) is 10.8 Å². The SMILES string of the molecule is O=C(O)c1ccc(C(=O)O)c2c(C(=O)NC3CCc4ccccc43)ccc(C(=O)NC3CCc4ccccc43)c12. The molecule has 2 aliphatic rings. The Balaban J connectivity index is 1.45. The first-order valence-electron chi connectivity index (χ1n) is 13.2. The summed E-state index contributed by atoms with van der Waals surface area (Å²) in [6, 6.07) is 20.2. The number of nitrogens with one attached hydrogen (secondary N) is 2. The molecule has 2 aliphatic carbocycles. The smallest absolute Gasteiger partial charge is 0.336 e. The fraction of sp³-hybridized carbons (Fsp3) is 0.188. The van der Waals surface area contributed by atoms with Crippen molar-refractivity contribution in [3.05, 3.63) is 117 Å². The minimum atomic E-state index is -1.33. The van der Waals surface area contributed by atoms with Gasteiger partial charge in [-0.1, -0.05) is 48.5 Å². The number of carboxylic acid groups (broad SMARTS) is 2. The number of carbonyl (C=O) groups excluding carboxylic acids is 2. The van der Waals surface area contributed by atoms with Gasteiger partial charge in [-0.2, -0.15) is 0 Å². The number of fused-ring (bicyclic) bond motifs is 3. The second-order valence-electron chi connectivity index (χ2n) is 10.2. The number of amides is 2. The van der Waals surface area contributed by atoms with E-state index in [9.17, 15) is 29.4 Å². The second kappa shape index (κ2) is 9.96. The summed E-state index contributed by atoms with van der Waals surface area (Å²) in [5.41, 5.74) is 3.77. The number of hydrogen-bond donors (Lipinski definition) is 4. The molecule has 200 valence electrons. The van der Waals surface area contributed by atoms with Crippen molar-refractivity contribution < 1.29 is 29.4 Å². The number of rotatable bonds is 6. The normalized spacial score (nSPS) is 17.2. The fourth-order valence-electron chi connectivity index (χ4n) is 6.12. The summed E-state index contributed by atoms with van der Waals surface area (Å²) in [5.74, 6) is -3.73. The van der Waals surface area contributed by atoms with Crippen molar-refractivity contribution in [3.8, 4) is 0 Å². The molecular weight excluding hydrogens is 508 g/mol. The van der Waals surface area contributed by atoms with Gasteiger partial charge in [0.15, 0.2) is 0 Å². The molecule has 0 fully saturated rings. The van der Waals surface area contributed by atoms with E-state index in [1.807, 2.05) is 48.5 Å². The molecule has 8 nitrogen and oxygen atoms in total. The van der Waals surface area contributed by atoms with Crippen molar-refractivity contribution >= 4 is 34.5 Å². The predicted molar refractivity (Wildman–Crippen MR) is 148 cm³/mol. The van der Waals surface area contributed by atoms with Gasteiger partial charge in [-0.25, -0.2) is 9.59 Å². The average Bonchev–Trinajstić information content (AvgIpc) is 3.55. The maximum absolute atomic E-state index is 13.6. The van der Waals surface area contributed by atoms with E-state index in [-0.39, 0.29) is 45.1 Å².